The summed E-state index contributed by atoms with van der Waals surface area (Å²) in [6, 6.07) is 11.2. The van der Waals surface area contributed by atoms with Gasteiger partial charge in [-0.1, -0.05) is 32.0 Å². The van der Waals surface area contributed by atoms with Gasteiger partial charge in [-0.3, -0.25) is 9.36 Å². The molecule has 3 rings (SSSR count). The van der Waals surface area contributed by atoms with Crippen LogP contribution in [0.1, 0.15) is 38.1 Å². The van der Waals surface area contributed by atoms with Crippen molar-refractivity contribution in [3.05, 3.63) is 57.2 Å². The van der Waals surface area contributed by atoms with Crippen LogP contribution in [-0.2, 0) is 11.3 Å². The summed E-state index contributed by atoms with van der Waals surface area (Å²) in [4.78, 5) is 28.3. The van der Waals surface area contributed by atoms with E-state index < -0.39 is 5.76 Å². The highest BCUT2D eigenvalue weighted by Crippen LogP contribution is 2.26. The number of hydrogen-bond donors (Lipinski definition) is 0. The highest BCUT2D eigenvalue weighted by molar-refractivity contribution is 7.10. The Hall–Kier alpha value is -2.34. The van der Waals surface area contributed by atoms with Gasteiger partial charge in [-0.15, -0.1) is 11.3 Å². The first kappa shape index (κ1) is 18.5. The highest BCUT2D eigenvalue weighted by atomic mass is 32.1. The van der Waals surface area contributed by atoms with Gasteiger partial charge < -0.3 is 9.32 Å². The van der Waals surface area contributed by atoms with Crippen LogP contribution >= 0.6 is 11.3 Å². The van der Waals surface area contributed by atoms with Gasteiger partial charge in [0.05, 0.1) is 11.6 Å². The second-order valence-corrected chi connectivity index (χ2v) is 7.86. The molecule has 0 bridgehead atoms. The third-order valence-corrected chi connectivity index (χ3v) is 5.60. The van der Waals surface area contributed by atoms with Crippen LogP contribution in [0.4, 0.5) is 0 Å². The predicted octanol–water partition coefficient (Wildman–Crippen LogP) is 4.29. The number of benzene rings is 1. The monoisotopic (exact) mass is 372 g/mol. The second kappa shape index (κ2) is 7.91. The van der Waals surface area contributed by atoms with Crippen LogP contribution in [0.5, 0.6) is 0 Å². The van der Waals surface area contributed by atoms with Crippen LogP contribution < -0.4 is 5.76 Å². The van der Waals surface area contributed by atoms with Crippen LogP contribution in [0, 0.1) is 5.92 Å². The molecule has 1 amide bonds. The van der Waals surface area contributed by atoms with Gasteiger partial charge in [0.25, 0.3) is 0 Å². The number of hydrogen-bond acceptors (Lipinski definition) is 4. The summed E-state index contributed by atoms with van der Waals surface area (Å²) in [7, 11) is 0. The maximum atomic E-state index is 13.1. The Balaban J connectivity index is 1.86. The topological polar surface area (TPSA) is 55.5 Å². The van der Waals surface area contributed by atoms with E-state index in [1.165, 1.54) is 4.57 Å². The van der Waals surface area contributed by atoms with Crippen molar-refractivity contribution >= 4 is 28.3 Å². The minimum absolute atomic E-state index is 0.0103. The quantitative estimate of drug-likeness (QED) is 0.622. The van der Waals surface area contributed by atoms with E-state index >= 15 is 0 Å². The largest absolute Gasteiger partial charge is 0.420 e. The summed E-state index contributed by atoms with van der Waals surface area (Å²) in [6.45, 7) is 6.99. The maximum Gasteiger partial charge on any atom is 0.420 e. The number of aromatic nitrogens is 1. The summed E-state index contributed by atoms with van der Waals surface area (Å²) >= 11 is 1.64. The van der Waals surface area contributed by atoms with E-state index in [2.05, 4.69) is 13.8 Å². The van der Waals surface area contributed by atoms with E-state index in [1.54, 1.807) is 23.5 Å². The maximum absolute atomic E-state index is 13.1. The lowest BCUT2D eigenvalue weighted by molar-refractivity contribution is -0.134. The highest BCUT2D eigenvalue weighted by Gasteiger charge is 2.24. The summed E-state index contributed by atoms with van der Waals surface area (Å²) in [5.74, 6) is -0.0642. The molecule has 0 aliphatic carbocycles. The molecule has 5 nitrogen and oxygen atoms in total. The molecule has 0 spiro atoms. The molecular formula is C20H24N2O3S. The zero-order chi connectivity index (χ0) is 18.7. The molecule has 1 aromatic carbocycles. The minimum atomic E-state index is -0.493. The lowest BCUT2D eigenvalue weighted by atomic mass is 10.1. The van der Waals surface area contributed by atoms with Gasteiger partial charge in [0.15, 0.2) is 5.58 Å². The SMILES string of the molecule is CC(C)CCN(C(=O)Cn1c(=O)oc2ccccc21)[C@@H](C)c1cccs1. The van der Waals surface area contributed by atoms with Gasteiger partial charge in [0.1, 0.15) is 6.54 Å². The van der Waals surface area contributed by atoms with Crippen molar-refractivity contribution in [1.82, 2.24) is 9.47 Å². The minimum Gasteiger partial charge on any atom is -0.408 e. The molecule has 3 aromatic rings. The Morgan fingerprint density at radius 1 is 1.19 bits per heavy atom. The fourth-order valence-electron chi connectivity index (χ4n) is 3.00. The Kier molecular flexibility index (Phi) is 5.61. The Labute approximate surface area is 156 Å². The Morgan fingerprint density at radius 2 is 1.96 bits per heavy atom. The zero-order valence-electron chi connectivity index (χ0n) is 15.3. The van der Waals surface area contributed by atoms with Crippen LogP contribution in [0.2, 0.25) is 0 Å². The molecule has 138 valence electrons. The van der Waals surface area contributed by atoms with E-state index in [-0.39, 0.29) is 18.5 Å². The Bertz CT molecular complexity index is 924. The van der Waals surface area contributed by atoms with Gasteiger partial charge in [0.2, 0.25) is 5.91 Å². The van der Waals surface area contributed by atoms with E-state index in [0.717, 1.165) is 11.3 Å². The van der Waals surface area contributed by atoms with Crippen LogP contribution in [-0.4, -0.2) is 21.9 Å². The van der Waals surface area contributed by atoms with E-state index in [4.69, 9.17) is 4.42 Å². The summed E-state index contributed by atoms with van der Waals surface area (Å²) in [5, 5.41) is 2.02. The van der Waals surface area contributed by atoms with E-state index in [9.17, 15) is 9.59 Å². The van der Waals surface area contributed by atoms with Gasteiger partial charge >= 0.3 is 5.76 Å². The molecular weight excluding hydrogens is 348 g/mol. The van der Waals surface area contributed by atoms with Crippen molar-refractivity contribution in [3.8, 4) is 0 Å². The normalized spacial score (nSPS) is 12.6. The molecule has 2 aromatic heterocycles. The van der Waals surface area contributed by atoms with Gasteiger partial charge in [-0.25, -0.2) is 4.79 Å². The smallest absolute Gasteiger partial charge is 0.408 e. The second-order valence-electron chi connectivity index (χ2n) is 6.88. The van der Waals surface area contributed by atoms with Crippen molar-refractivity contribution in [3.63, 3.8) is 0 Å². The molecule has 2 heterocycles. The zero-order valence-corrected chi connectivity index (χ0v) is 16.2. The molecule has 0 fully saturated rings. The van der Waals surface area contributed by atoms with Crippen LogP contribution in [0.25, 0.3) is 11.1 Å². The van der Waals surface area contributed by atoms with Crippen molar-refractivity contribution in [2.45, 2.75) is 39.8 Å². The van der Waals surface area contributed by atoms with E-state index in [1.807, 2.05) is 41.5 Å². The number of carbonyl (C=O) groups is 1. The number of oxazole rings is 1. The molecule has 0 saturated heterocycles. The summed E-state index contributed by atoms with van der Waals surface area (Å²) in [6.07, 6.45) is 0.919. The van der Waals surface area contributed by atoms with E-state index in [0.29, 0.717) is 23.6 Å². The number of para-hydroxylation sites is 2. The fraction of sp³-hybridized carbons (Fsp3) is 0.400. The first-order valence-electron chi connectivity index (χ1n) is 8.88. The number of rotatable bonds is 7. The number of fused-ring (bicyclic) bond motifs is 1. The molecule has 0 saturated carbocycles. The number of thiophene rings is 1. The third kappa shape index (κ3) is 3.90. The molecule has 1 atom stereocenters. The fourth-order valence-corrected chi connectivity index (χ4v) is 3.80. The van der Waals surface area contributed by atoms with Crippen molar-refractivity contribution in [1.29, 1.82) is 0 Å². The average molecular weight is 372 g/mol. The first-order chi connectivity index (χ1) is 12.5. The van der Waals surface area contributed by atoms with Crippen LogP contribution in [0.3, 0.4) is 0 Å². The Morgan fingerprint density at radius 3 is 2.65 bits per heavy atom. The van der Waals surface area contributed by atoms with Crippen LogP contribution in [0.15, 0.2) is 51.0 Å². The third-order valence-electron chi connectivity index (χ3n) is 4.56. The van der Waals surface area contributed by atoms with Crippen molar-refractivity contribution < 1.29 is 9.21 Å². The van der Waals surface area contributed by atoms with Crippen molar-refractivity contribution in [2.75, 3.05) is 6.54 Å². The molecule has 0 unspecified atom stereocenters. The van der Waals surface area contributed by atoms with Gasteiger partial charge in [-0.05, 0) is 42.8 Å². The van der Waals surface area contributed by atoms with Gasteiger partial charge in [-0.2, -0.15) is 0 Å². The molecule has 0 aliphatic heterocycles. The average Bonchev–Trinajstić information content (AvgIpc) is 3.23. The first-order valence-corrected chi connectivity index (χ1v) is 9.76. The predicted molar refractivity (Wildman–Crippen MR) is 104 cm³/mol. The van der Waals surface area contributed by atoms with Gasteiger partial charge in [0, 0.05) is 11.4 Å². The molecule has 0 aliphatic rings. The standard InChI is InChI=1S/C20H24N2O3S/c1-14(2)10-11-21(15(3)18-9-6-12-26-18)19(23)13-22-16-7-4-5-8-17(16)25-20(22)24/h4-9,12,14-15H,10-11,13H2,1-3H3/t15-/m0/s1. The number of carbonyl (C=O) groups excluding carboxylic acids is 1. The summed E-state index contributed by atoms with van der Waals surface area (Å²) < 4.78 is 6.67. The molecule has 26 heavy (non-hydrogen) atoms. The molecule has 0 N–H and O–H groups in total. The van der Waals surface area contributed by atoms with Crippen molar-refractivity contribution in [2.24, 2.45) is 5.92 Å². The lowest BCUT2D eigenvalue weighted by Crippen LogP contribution is -2.38. The molecule has 0 radical (unpaired) electrons. The number of amides is 1. The summed E-state index contributed by atoms with van der Waals surface area (Å²) in [5.41, 5.74) is 1.16. The molecule has 6 heteroatoms. The number of nitrogens with zero attached hydrogens (tertiary/aromatic N) is 2. The lowest BCUT2D eigenvalue weighted by Gasteiger charge is -2.29.